The summed E-state index contributed by atoms with van der Waals surface area (Å²) in [6, 6.07) is 0. The molecule has 0 amide bonds. The van der Waals surface area contributed by atoms with Gasteiger partial charge in [0.1, 0.15) is 0 Å². The van der Waals surface area contributed by atoms with E-state index in [1.165, 1.54) is 12.8 Å². The van der Waals surface area contributed by atoms with E-state index < -0.39 is 6.29 Å². The lowest BCUT2D eigenvalue weighted by Crippen LogP contribution is -2.16. The largest absolute Gasteiger partial charge is 0.391 e. The standard InChI is InChI=1S/C8H18O3/c1-2-3-4-5-6-11-8(10)7-9/h8-10H,2-7H2,1H3. The number of hydrogen-bond donors (Lipinski definition) is 2. The van der Waals surface area contributed by atoms with Gasteiger partial charge in [-0.2, -0.15) is 0 Å². The monoisotopic (exact) mass is 162 g/mol. The fourth-order valence-corrected chi connectivity index (χ4v) is 0.801. The van der Waals surface area contributed by atoms with Gasteiger partial charge in [0.2, 0.25) is 0 Å². The molecule has 0 fully saturated rings. The predicted octanol–water partition coefficient (Wildman–Crippen LogP) is 0.894. The van der Waals surface area contributed by atoms with Crippen molar-refractivity contribution in [3.8, 4) is 0 Å². The van der Waals surface area contributed by atoms with Gasteiger partial charge in [0, 0.05) is 6.61 Å². The molecule has 2 N–H and O–H groups in total. The molecular formula is C8H18O3. The molecule has 0 bridgehead atoms. The zero-order chi connectivity index (χ0) is 8.53. The Morgan fingerprint density at radius 2 is 2.00 bits per heavy atom. The summed E-state index contributed by atoms with van der Waals surface area (Å²) >= 11 is 0. The first-order valence-corrected chi connectivity index (χ1v) is 4.21. The molecule has 68 valence electrons. The van der Waals surface area contributed by atoms with E-state index >= 15 is 0 Å². The Bertz CT molecular complexity index is 75.7. The summed E-state index contributed by atoms with van der Waals surface area (Å²) in [6.07, 6.45) is 3.51. The highest BCUT2D eigenvalue weighted by Crippen LogP contribution is 1.99. The van der Waals surface area contributed by atoms with Gasteiger partial charge in [-0.15, -0.1) is 0 Å². The molecule has 0 aliphatic heterocycles. The lowest BCUT2D eigenvalue weighted by molar-refractivity contribution is -0.125. The van der Waals surface area contributed by atoms with E-state index in [0.717, 1.165) is 12.8 Å². The molecule has 0 saturated heterocycles. The molecule has 0 spiro atoms. The van der Waals surface area contributed by atoms with Crippen molar-refractivity contribution in [1.82, 2.24) is 0 Å². The van der Waals surface area contributed by atoms with Gasteiger partial charge in [-0.3, -0.25) is 0 Å². The van der Waals surface area contributed by atoms with Crippen LogP contribution in [0.25, 0.3) is 0 Å². The van der Waals surface area contributed by atoms with Crippen LogP contribution in [-0.2, 0) is 4.74 Å². The van der Waals surface area contributed by atoms with E-state index in [-0.39, 0.29) is 6.61 Å². The average molecular weight is 162 g/mol. The van der Waals surface area contributed by atoms with Crippen molar-refractivity contribution in [3.63, 3.8) is 0 Å². The molecule has 0 radical (unpaired) electrons. The maximum Gasteiger partial charge on any atom is 0.177 e. The first-order chi connectivity index (χ1) is 5.31. The van der Waals surface area contributed by atoms with Crippen LogP contribution >= 0.6 is 0 Å². The van der Waals surface area contributed by atoms with Gasteiger partial charge in [0.25, 0.3) is 0 Å². The molecule has 1 unspecified atom stereocenters. The van der Waals surface area contributed by atoms with Gasteiger partial charge < -0.3 is 14.9 Å². The third-order valence-electron chi connectivity index (χ3n) is 1.46. The molecule has 0 heterocycles. The molecule has 0 rings (SSSR count). The van der Waals surface area contributed by atoms with Crippen LogP contribution in [0.4, 0.5) is 0 Å². The van der Waals surface area contributed by atoms with Gasteiger partial charge in [0.15, 0.2) is 6.29 Å². The van der Waals surface area contributed by atoms with E-state index in [1.54, 1.807) is 0 Å². The molecule has 0 saturated carbocycles. The van der Waals surface area contributed by atoms with E-state index in [0.29, 0.717) is 6.61 Å². The number of hydrogen-bond acceptors (Lipinski definition) is 3. The highest BCUT2D eigenvalue weighted by Gasteiger charge is 1.99. The van der Waals surface area contributed by atoms with Crippen molar-refractivity contribution in [2.45, 2.75) is 38.9 Å². The maximum atomic E-state index is 8.74. The Morgan fingerprint density at radius 1 is 1.27 bits per heavy atom. The van der Waals surface area contributed by atoms with Crippen molar-refractivity contribution in [2.75, 3.05) is 13.2 Å². The Kier molecular flexibility index (Phi) is 7.89. The van der Waals surface area contributed by atoms with Gasteiger partial charge >= 0.3 is 0 Å². The van der Waals surface area contributed by atoms with Crippen LogP contribution in [-0.4, -0.2) is 29.7 Å². The molecule has 1 atom stereocenters. The fourth-order valence-electron chi connectivity index (χ4n) is 0.801. The molecule has 0 aliphatic rings. The van der Waals surface area contributed by atoms with E-state index in [1.807, 2.05) is 0 Å². The second-order valence-electron chi connectivity index (χ2n) is 2.57. The molecule has 0 aromatic rings. The van der Waals surface area contributed by atoms with Crippen LogP contribution in [0.5, 0.6) is 0 Å². The Labute approximate surface area is 68.0 Å². The summed E-state index contributed by atoms with van der Waals surface area (Å²) in [5.74, 6) is 0. The maximum absolute atomic E-state index is 8.74. The first-order valence-electron chi connectivity index (χ1n) is 4.21. The summed E-state index contributed by atoms with van der Waals surface area (Å²) in [6.45, 7) is 2.37. The zero-order valence-corrected chi connectivity index (χ0v) is 7.12. The molecule has 0 aromatic carbocycles. The van der Waals surface area contributed by atoms with Crippen LogP contribution < -0.4 is 0 Å². The van der Waals surface area contributed by atoms with Crippen molar-refractivity contribution in [2.24, 2.45) is 0 Å². The molecular weight excluding hydrogens is 144 g/mol. The van der Waals surface area contributed by atoms with Crippen molar-refractivity contribution in [1.29, 1.82) is 0 Å². The van der Waals surface area contributed by atoms with Crippen molar-refractivity contribution >= 4 is 0 Å². The molecule has 3 heteroatoms. The number of unbranched alkanes of at least 4 members (excludes halogenated alkanes) is 3. The van der Waals surface area contributed by atoms with Crippen molar-refractivity contribution < 1.29 is 14.9 Å². The Morgan fingerprint density at radius 3 is 2.55 bits per heavy atom. The minimum absolute atomic E-state index is 0.312. The summed E-state index contributed by atoms with van der Waals surface area (Å²) < 4.78 is 4.84. The van der Waals surface area contributed by atoms with Gasteiger partial charge in [-0.05, 0) is 6.42 Å². The molecule has 0 aromatic heterocycles. The number of rotatable bonds is 7. The Hall–Kier alpha value is -0.120. The lowest BCUT2D eigenvalue weighted by atomic mass is 10.2. The third-order valence-corrected chi connectivity index (χ3v) is 1.46. The fraction of sp³-hybridized carbons (Fsp3) is 1.00. The first kappa shape index (κ1) is 10.9. The second kappa shape index (κ2) is 7.98. The van der Waals surface area contributed by atoms with Crippen LogP contribution in [0.2, 0.25) is 0 Å². The van der Waals surface area contributed by atoms with Gasteiger partial charge in [-0.1, -0.05) is 26.2 Å². The molecule has 0 aliphatic carbocycles. The highest BCUT2D eigenvalue weighted by molar-refractivity contribution is 4.40. The Balaban J connectivity index is 2.89. The minimum atomic E-state index is -0.989. The number of ether oxygens (including phenoxy) is 1. The van der Waals surface area contributed by atoms with E-state index in [2.05, 4.69) is 6.92 Å². The minimum Gasteiger partial charge on any atom is -0.391 e. The average Bonchev–Trinajstić information content (AvgIpc) is 2.04. The van der Waals surface area contributed by atoms with Crippen LogP contribution in [0.3, 0.4) is 0 Å². The summed E-state index contributed by atoms with van der Waals surface area (Å²) in [4.78, 5) is 0. The number of aliphatic hydroxyl groups is 2. The van der Waals surface area contributed by atoms with Crippen LogP contribution in [0.15, 0.2) is 0 Å². The zero-order valence-electron chi connectivity index (χ0n) is 7.12. The highest BCUT2D eigenvalue weighted by atomic mass is 16.6. The molecule has 3 nitrogen and oxygen atoms in total. The molecule has 11 heavy (non-hydrogen) atoms. The SMILES string of the molecule is CCCCCCOC(O)CO. The lowest BCUT2D eigenvalue weighted by Gasteiger charge is -2.07. The van der Waals surface area contributed by atoms with Crippen LogP contribution in [0.1, 0.15) is 32.6 Å². The summed E-state index contributed by atoms with van der Waals surface area (Å²) in [5, 5.41) is 17.1. The van der Waals surface area contributed by atoms with Crippen LogP contribution in [0, 0.1) is 0 Å². The van der Waals surface area contributed by atoms with E-state index in [9.17, 15) is 0 Å². The smallest absolute Gasteiger partial charge is 0.177 e. The van der Waals surface area contributed by atoms with Crippen molar-refractivity contribution in [3.05, 3.63) is 0 Å². The summed E-state index contributed by atoms with van der Waals surface area (Å²) in [7, 11) is 0. The van der Waals surface area contributed by atoms with Gasteiger partial charge in [-0.25, -0.2) is 0 Å². The predicted molar refractivity (Wildman–Crippen MR) is 43.2 cm³/mol. The normalized spacial score (nSPS) is 13.4. The summed E-state index contributed by atoms with van der Waals surface area (Å²) in [5.41, 5.74) is 0. The quantitative estimate of drug-likeness (QED) is 0.432. The van der Waals surface area contributed by atoms with Gasteiger partial charge in [0.05, 0.1) is 6.61 Å². The number of aliphatic hydroxyl groups excluding tert-OH is 2. The topological polar surface area (TPSA) is 49.7 Å². The van der Waals surface area contributed by atoms with E-state index in [4.69, 9.17) is 14.9 Å². The second-order valence-corrected chi connectivity index (χ2v) is 2.57. The third kappa shape index (κ3) is 7.78.